The molecule has 0 radical (unpaired) electrons. The first-order chi connectivity index (χ1) is 11.8. The first-order valence-electron chi connectivity index (χ1n) is 8.72. The fourth-order valence-electron chi connectivity index (χ4n) is 2.33. The number of unbranched alkanes of at least 4 members (excludes halogenated alkanes) is 2. The first kappa shape index (κ1) is 18.0. The van der Waals surface area contributed by atoms with Crippen LogP contribution in [0, 0.1) is 0 Å². The lowest BCUT2D eigenvalue weighted by atomic mass is 10.0. The molecule has 0 fully saturated rings. The summed E-state index contributed by atoms with van der Waals surface area (Å²) in [5, 5.41) is 3.26. The molecule has 0 unspecified atom stereocenters. The van der Waals surface area contributed by atoms with Crippen LogP contribution in [0.4, 0.5) is 5.82 Å². The highest BCUT2D eigenvalue weighted by atomic mass is 16.5. The van der Waals surface area contributed by atoms with E-state index in [2.05, 4.69) is 24.1 Å². The molecule has 0 aliphatic carbocycles. The standard InChI is InChI=1S/C20H26N2O2/c1-3-5-12-21-20-18(11-8-13-22-20)19(23)16-9-7-10-17(15-16)24-14-6-4-2/h7-11,13,15H,3-6,12,14H2,1-2H3,(H,21,22). The largest absolute Gasteiger partial charge is 0.494 e. The van der Waals surface area contributed by atoms with Crippen LogP contribution in [0.15, 0.2) is 42.6 Å². The van der Waals surface area contributed by atoms with Crippen LogP contribution in [-0.2, 0) is 0 Å². The van der Waals surface area contributed by atoms with Crippen LogP contribution in [0.2, 0.25) is 0 Å². The van der Waals surface area contributed by atoms with Gasteiger partial charge in [-0.25, -0.2) is 4.98 Å². The summed E-state index contributed by atoms with van der Waals surface area (Å²) in [5.41, 5.74) is 1.22. The van der Waals surface area contributed by atoms with Gasteiger partial charge in [-0.15, -0.1) is 0 Å². The lowest BCUT2D eigenvalue weighted by Gasteiger charge is -2.11. The van der Waals surface area contributed by atoms with Crippen molar-refractivity contribution in [2.75, 3.05) is 18.5 Å². The van der Waals surface area contributed by atoms with Crippen LogP contribution in [0.3, 0.4) is 0 Å². The Bertz CT molecular complexity index is 656. The molecule has 0 saturated carbocycles. The van der Waals surface area contributed by atoms with Crippen molar-refractivity contribution in [3.05, 3.63) is 53.7 Å². The molecule has 0 atom stereocenters. The molecular formula is C20H26N2O2. The van der Waals surface area contributed by atoms with Crippen LogP contribution in [0.1, 0.15) is 55.5 Å². The van der Waals surface area contributed by atoms with Gasteiger partial charge in [-0.2, -0.15) is 0 Å². The lowest BCUT2D eigenvalue weighted by Crippen LogP contribution is -2.10. The zero-order chi connectivity index (χ0) is 17.2. The summed E-state index contributed by atoms with van der Waals surface area (Å²) >= 11 is 0. The van der Waals surface area contributed by atoms with Gasteiger partial charge in [-0.1, -0.05) is 38.8 Å². The molecule has 0 bridgehead atoms. The van der Waals surface area contributed by atoms with Gasteiger partial charge in [0.1, 0.15) is 11.6 Å². The van der Waals surface area contributed by atoms with Crippen molar-refractivity contribution in [2.45, 2.75) is 39.5 Å². The normalized spacial score (nSPS) is 10.4. The van der Waals surface area contributed by atoms with Crippen molar-refractivity contribution in [2.24, 2.45) is 0 Å². The van der Waals surface area contributed by atoms with Crippen molar-refractivity contribution in [3.8, 4) is 5.75 Å². The second kappa shape index (κ2) is 9.71. The van der Waals surface area contributed by atoms with Gasteiger partial charge in [0.05, 0.1) is 12.2 Å². The van der Waals surface area contributed by atoms with Crippen molar-refractivity contribution >= 4 is 11.6 Å². The molecule has 1 heterocycles. The van der Waals surface area contributed by atoms with E-state index in [1.54, 1.807) is 18.3 Å². The van der Waals surface area contributed by atoms with E-state index in [1.165, 1.54) is 0 Å². The van der Waals surface area contributed by atoms with E-state index in [-0.39, 0.29) is 5.78 Å². The minimum atomic E-state index is -0.0389. The molecule has 1 N–H and O–H groups in total. The minimum Gasteiger partial charge on any atom is -0.494 e. The molecule has 24 heavy (non-hydrogen) atoms. The molecule has 0 aliphatic rings. The van der Waals surface area contributed by atoms with Gasteiger partial charge in [0.25, 0.3) is 0 Å². The lowest BCUT2D eigenvalue weighted by molar-refractivity contribution is 0.103. The Morgan fingerprint density at radius 2 is 1.96 bits per heavy atom. The average molecular weight is 326 g/mol. The third kappa shape index (κ3) is 5.08. The third-order valence-corrected chi connectivity index (χ3v) is 3.74. The maximum atomic E-state index is 12.8. The maximum Gasteiger partial charge on any atom is 0.196 e. The number of rotatable bonds is 10. The Balaban J connectivity index is 2.15. The van der Waals surface area contributed by atoms with Crippen molar-refractivity contribution in [1.29, 1.82) is 0 Å². The number of ether oxygens (including phenoxy) is 1. The van der Waals surface area contributed by atoms with Gasteiger partial charge in [0.2, 0.25) is 0 Å². The van der Waals surface area contributed by atoms with E-state index in [0.29, 0.717) is 23.6 Å². The van der Waals surface area contributed by atoms with Crippen LogP contribution < -0.4 is 10.1 Å². The molecule has 0 spiro atoms. The SMILES string of the molecule is CCCCNc1ncccc1C(=O)c1cccc(OCCCC)c1. The summed E-state index contributed by atoms with van der Waals surface area (Å²) in [4.78, 5) is 17.2. The van der Waals surface area contributed by atoms with E-state index >= 15 is 0 Å². The van der Waals surface area contributed by atoms with Gasteiger partial charge in [0.15, 0.2) is 5.78 Å². The maximum absolute atomic E-state index is 12.8. The minimum absolute atomic E-state index is 0.0389. The fourth-order valence-corrected chi connectivity index (χ4v) is 2.33. The van der Waals surface area contributed by atoms with E-state index < -0.39 is 0 Å². The summed E-state index contributed by atoms with van der Waals surface area (Å²) in [5.74, 6) is 1.34. The number of pyridine rings is 1. The summed E-state index contributed by atoms with van der Waals surface area (Å²) in [6, 6.07) is 11.0. The van der Waals surface area contributed by atoms with Gasteiger partial charge >= 0.3 is 0 Å². The summed E-state index contributed by atoms with van der Waals surface area (Å²) < 4.78 is 5.70. The van der Waals surface area contributed by atoms with Gasteiger partial charge in [-0.3, -0.25) is 4.79 Å². The summed E-state index contributed by atoms with van der Waals surface area (Å²) in [7, 11) is 0. The molecule has 1 aromatic carbocycles. The van der Waals surface area contributed by atoms with E-state index in [4.69, 9.17) is 4.74 Å². The molecule has 128 valence electrons. The molecule has 2 rings (SSSR count). The zero-order valence-corrected chi connectivity index (χ0v) is 14.5. The van der Waals surface area contributed by atoms with Crippen LogP contribution in [0.25, 0.3) is 0 Å². The quantitative estimate of drug-likeness (QED) is 0.508. The molecule has 0 saturated heterocycles. The molecule has 4 nitrogen and oxygen atoms in total. The van der Waals surface area contributed by atoms with Crippen molar-refractivity contribution < 1.29 is 9.53 Å². The number of aromatic nitrogens is 1. The molecule has 4 heteroatoms. The number of carbonyl (C=O) groups excluding carboxylic acids is 1. The topological polar surface area (TPSA) is 51.2 Å². The molecule has 1 aromatic heterocycles. The number of anilines is 1. The second-order valence-electron chi connectivity index (χ2n) is 5.74. The van der Waals surface area contributed by atoms with Gasteiger partial charge in [-0.05, 0) is 37.1 Å². The number of carbonyl (C=O) groups is 1. The monoisotopic (exact) mass is 326 g/mol. The molecule has 2 aromatic rings. The number of benzene rings is 1. The highest BCUT2D eigenvalue weighted by Crippen LogP contribution is 2.20. The Kier molecular flexibility index (Phi) is 7.27. The number of hydrogen-bond acceptors (Lipinski definition) is 4. The van der Waals surface area contributed by atoms with Gasteiger partial charge in [0, 0.05) is 18.3 Å². The molecule has 0 amide bonds. The number of nitrogens with zero attached hydrogens (tertiary/aromatic N) is 1. The Hall–Kier alpha value is -2.36. The van der Waals surface area contributed by atoms with Crippen molar-refractivity contribution in [3.63, 3.8) is 0 Å². The van der Waals surface area contributed by atoms with Gasteiger partial charge < -0.3 is 10.1 Å². The zero-order valence-electron chi connectivity index (χ0n) is 14.5. The smallest absolute Gasteiger partial charge is 0.196 e. The van der Waals surface area contributed by atoms with Crippen LogP contribution in [-0.4, -0.2) is 23.9 Å². The Morgan fingerprint density at radius 3 is 2.75 bits per heavy atom. The number of ketones is 1. The highest BCUT2D eigenvalue weighted by molar-refractivity contribution is 6.12. The van der Waals surface area contributed by atoms with E-state index in [0.717, 1.165) is 38.0 Å². The summed E-state index contributed by atoms with van der Waals surface area (Å²) in [6.45, 7) is 5.74. The fraction of sp³-hybridized carbons (Fsp3) is 0.400. The average Bonchev–Trinajstić information content (AvgIpc) is 2.62. The first-order valence-corrected chi connectivity index (χ1v) is 8.72. The third-order valence-electron chi connectivity index (χ3n) is 3.74. The molecular weight excluding hydrogens is 300 g/mol. The second-order valence-corrected chi connectivity index (χ2v) is 5.74. The van der Waals surface area contributed by atoms with Crippen molar-refractivity contribution in [1.82, 2.24) is 4.98 Å². The number of hydrogen-bond donors (Lipinski definition) is 1. The Labute approximate surface area is 144 Å². The predicted molar refractivity (Wildman–Crippen MR) is 97.9 cm³/mol. The van der Waals surface area contributed by atoms with Crippen LogP contribution >= 0.6 is 0 Å². The number of nitrogens with one attached hydrogen (secondary N) is 1. The highest BCUT2D eigenvalue weighted by Gasteiger charge is 2.15. The molecule has 0 aliphatic heterocycles. The Morgan fingerprint density at radius 1 is 1.12 bits per heavy atom. The predicted octanol–water partition coefficient (Wildman–Crippen LogP) is 4.70. The van der Waals surface area contributed by atoms with Crippen LogP contribution in [0.5, 0.6) is 5.75 Å². The van der Waals surface area contributed by atoms with E-state index in [9.17, 15) is 4.79 Å². The van der Waals surface area contributed by atoms with E-state index in [1.807, 2.05) is 24.3 Å². The summed E-state index contributed by atoms with van der Waals surface area (Å²) in [6.07, 6.45) is 5.94.